The second-order valence-electron chi connectivity index (χ2n) is 5.99. The smallest absolute Gasteiger partial charge is 0.288 e. The van der Waals surface area contributed by atoms with E-state index in [1.807, 2.05) is 23.1 Å². The van der Waals surface area contributed by atoms with Gasteiger partial charge in [0, 0.05) is 31.1 Å². The lowest BCUT2D eigenvalue weighted by Gasteiger charge is -2.31. The van der Waals surface area contributed by atoms with Gasteiger partial charge in [0.15, 0.2) is 9.84 Å². The van der Waals surface area contributed by atoms with Gasteiger partial charge in [-0.25, -0.2) is 8.42 Å². The Hall–Kier alpha value is -2.61. The molecule has 0 spiro atoms. The van der Waals surface area contributed by atoms with Gasteiger partial charge in [0.05, 0.1) is 12.0 Å². The molecule has 1 aliphatic heterocycles. The van der Waals surface area contributed by atoms with Crippen molar-refractivity contribution in [1.29, 1.82) is 0 Å². The summed E-state index contributed by atoms with van der Waals surface area (Å²) in [5.74, 6) is 0.765. The summed E-state index contributed by atoms with van der Waals surface area (Å²) in [6.07, 6.45) is 1.79. The third-order valence-corrected chi connectivity index (χ3v) is 5.46. The fraction of sp³-hybridized carbons (Fsp3) is 0.294. The molecule has 1 heterocycles. The van der Waals surface area contributed by atoms with Crippen LogP contribution in [-0.2, 0) is 22.8 Å². The normalized spacial score (nSPS) is 14.1. The summed E-state index contributed by atoms with van der Waals surface area (Å²) in [5, 5.41) is 11.1. The molecule has 2 aromatic rings. The van der Waals surface area contributed by atoms with E-state index >= 15 is 0 Å². The quantitative estimate of drug-likeness (QED) is 0.613. The number of fused-ring (bicyclic) bond motifs is 1. The number of nitrogens with zero attached hydrogens (tertiary/aromatic N) is 2. The highest BCUT2D eigenvalue weighted by Crippen LogP contribution is 2.32. The SMILES string of the molecule is COc1ccc2c(c1)CN(c1ccc([N+](=O)[O-])c(S(C)(=O)=O)c1)CC2. The summed E-state index contributed by atoms with van der Waals surface area (Å²) in [4.78, 5) is 12.2. The van der Waals surface area contributed by atoms with Gasteiger partial charge in [-0.1, -0.05) is 6.07 Å². The van der Waals surface area contributed by atoms with Crippen LogP contribution in [0.1, 0.15) is 11.1 Å². The van der Waals surface area contributed by atoms with E-state index in [2.05, 4.69) is 0 Å². The molecule has 25 heavy (non-hydrogen) atoms. The van der Waals surface area contributed by atoms with Crippen molar-refractivity contribution in [2.24, 2.45) is 0 Å². The summed E-state index contributed by atoms with van der Waals surface area (Å²) in [6.45, 7) is 1.30. The van der Waals surface area contributed by atoms with Crippen LogP contribution in [0.5, 0.6) is 5.75 Å². The molecule has 2 aromatic carbocycles. The van der Waals surface area contributed by atoms with Crippen molar-refractivity contribution in [3.63, 3.8) is 0 Å². The molecule has 0 saturated heterocycles. The van der Waals surface area contributed by atoms with Crippen LogP contribution in [0, 0.1) is 10.1 Å². The molecule has 0 aromatic heterocycles. The van der Waals surface area contributed by atoms with E-state index in [-0.39, 0.29) is 4.90 Å². The molecule has 0 saturated carbocycles. The molecular formula is C17H18N2O5S. The van der Waals surface area contributed by atoms with Crippen LogP contribution in [0.15, 0.2) is 41.3 Å². The molecule has 132 valence electrons. The van der Waals surface area contributed by atoms with Gasteiger partial charge in [-0.15, -0.1) is 0 Å². The summed E-state index contributed by atoms with van der Waals surface area (Å²) < 4.78 is 29.1. The number of hydrogen-bond donors (Lipinski definition) is 0. The Morgan fingerprint density at radius 3 is 2.56 bits per heavy atom. The van der Waals surface area contributed by atoms with E-state index in [0.717, 1.165) is 24.0 Å². The minimum Gasteiger partial charge on any atom is -0.497 e. The first-order chi connectivity index (χ1) is 11.8. The van der Waals surface area contributed by atoms with Gasteiger partial charge >= 0.3 is 0 Å². The Morgan fingerprint density at radius 2 is 1.92 bits per heavy atom. The number of methoxy groups -OCH3 is 1. The topological polar surface area (TPSA) is 89.8 Å². The summed E-state index contributed by atoms with van der Waals surface area (Å²) in [7, 11) is -2.09. The molecule has 1 aliphatic rings. The van der Waals surface area contributed by atoms with Crippen LogP contribution in [0.3, 0.4) is 0 Å². The number of benzene rings is 2. The summed E-state index contributed by atoms with van der Waals surface area (Å²) in [5.41, 5.74) is 2.58. The summed E-state index contributed by atoms with van der Waals surface area (Å²) in [6, 6.07) is 10.2. The van der Waals surface area contributed by atoms with Gasteiger partial charge in [0.25, 0.3) is 5.69 Å². The molecule has 0 unspecified atom stereocenters. The standard InChI is InChI=1S/C17H18N2O5S/c1-24-15-5-3-12-7-8-18(11-13(12)9-15)14-4-6-16(19(20)21)17(10-14)25(2,22)23/h3-6,9-10H,7-8,11H2,1-2H3. The fourth-order valence-corrected chi connectivity index (χ4v) is 3.89. The van der Waals surface area contributed by atoms with Crippen LogP contribution in [0.4, 0.5) is 11.4 Å². The highest BCUT2D eigenvalue weighted by atomic mass is 32.2. The van der Waals surface area contributed by atoms with E-state index in [9.17, 15) is 18.5 Å². The molecule has 0 N–H and O–H groups in total. The van der Waals surface area contributed by atoms with E-state index in [0.29, 0.717) is 18.8 Å². The fourth-order valence-electron chi connectivity index (χ4n) is 3.03. The lowest BCUT2D eigenvalue weighted by atomic mass is 9.99. The average molecular weight is 362 g/mol. The Balaban J connectivity index is 1.99. The molecule has 0 radical (unpaired) electrons. The van der Waals surface area contributed by atoms with Crippen molar-refractivity contribution in [3.8, 4) is 5.75 Å². The Kier molecular flexibility index (Phi) is 4.38. The number of nitro groups is 1. The Bertz CT molecular complexity index is 940. The van der Waals surface area contributed by atoms with Crippen LogP contribution in [-0.4, -0.2) is 33.3 Å². The van der Waals surface area contributed by atoms with Crippen LogP contribution >= 0.6 is 0 Å². The van der Waals surface area contributed by atoms with E-state index < -0.39 is 20.4 Å². The zero-order valence-corrected chi connectivity index (χ0v) is 14.7. The number of hydrogen-bond acceptors (Lipinski definition) is 6. The molecular weight excluding hydrogens is 344 g/mol. The number of rotatable bonds is 4. The van der Waals surface area contributed by atoms with Crippen molar-refractivity contribution < 1.29 is 18.1 Å². The van der Waals surface area contributed by atoms with Crippen molar-refractivity contribution >= 4 is 21.2 Å². The maximum atomic E-state index is 11.9. The number of sulfone groups is 1. The van der Waals surface area contributed by atoms with Gasteiger partial charge in [-0.3, -0.25) is 10.1 Å². The lowest BCUT2D eigenvalue weighted by molar-refractivity contribution is -0.387. The monoisotopic (exact) mass is 362 g/mol. The zero-order valence-electron chi connectivity index (χ0n) is 13.9. The molecule has 7 nitrogen and oxygen atoms in total. The Morgan fingerprint density at radius 1 is 1.16 bits per heavy atom. The maximum absolute atomic E-state index is 11.9. The second-order valence-corrected chi connectivity index (χ2v) is 7.97. The van der Waals surface area contributed by atoms with Gasteiger partial charge in [-0.05, 0) is 41.8 Å². The third kappa shape index (κ3) is 3.43. The maximum Gasteiger partial charge on any atom is 0.288 e. The van der Waals surface area contributed by atoms with E-state index in [1.54, 1.807) is 13.2 Å². The molecule has 8 heteroatoms. The minimum absolute atomic E-state index is 0.258. The molecule has 3 rings (SSSR count). The molecule has 0 atom stereocenters. The van der Waals surface area contributed by atoms with Gasteiger partial charge in [-0.2, -0.15) is 0 Å². The first kappa shape index (κ1) is 17.2. The van der Waals surface area contributed by atoms with Crippen LogP contribution < -0.4 is 9.64 Å². The molecule has 0 amide bonds. The zero-order chi connectivity index (χ0) is 18.2. The second kappa shape index (κ2) is 6.36. The lowest BCUT2D eigenvalue weighted by Crippen LogP contribution is -2.30. The number of anilines is 1. The van der Waals surface area contributed by atoms with Gasteiger partial charge in [0.2, 0.25) is 0 Å². The van der Waals surface area contributed by atoms with E-state index in [4.69, 9.17) is 4.74 Å². The molecule has 0 fully saturated rings. The van der Waals surface area contributed by atoms with Crippen molar-refractivity contribution in [2.45, 2.75) is 17.9 Å². The highest BCUT2D eigenvalue weighted by Gasteiger charge is 2.25. The summed E-state index contributed by atoms with van der Waals surface area (Å²) >= 11 is 0. The number of ether oxygens (including phenoxy) is 1. The Labute approximate surface area is 145 Å². The first-order valence-electron chi connectivity index (χ1n) is 7.69. The van der Waals surface area contributed by atoms with Gasteiger partial charge < -0.3 is 9.64 Å². The first-order valence-corrected chi connectivity index (χ1v) is 9.58. The predicted octanol–water partition coefficient (Wildman–Crippen LogP) is 2.57. The third-order valence-electron chi connectivity index (χ3n) is 4.33. The average Bonchev–Trinajstić information content (AvgIpc) is 2.59. The predicted molar refractivity (Wildman–Crippen MR) is 94.0 cm³/mol. The number of nitro benzene ring substituents is 1. The minimum atomic E-state index is -3.70. The van der Waals surface area contributed by atoms with Gasteiger partial charge in [0.1, 0.15) is 10.6 Å². The van der Waals surface area contributed by atoms with Crippen LogP contribution in [0.2, 0.25) is 0 Å². The molecule has 0 aliphatic carbocycles. The highest BCUT2D eigenvalue weighted by molar-refractivity contribution is 7.90. The van der Waals surface area contributed by atoms with Crippen molar-refractivity contribution in [1.82, 2.24) is 0 Å². The van der Waals surface area contributed by atoms with Crippen molar-refractivity contribution in [2.75, 3.05) is 24.8 Å². The molecule has 0 bridgehead atoms. The van der Waals surface area contributed by atoms with Crippen molar-refractivity contribution in [3.05, 3.63) is 57.6 Å². The van der Waals surface area contributed by atoms with E-state index in [1.165, 1.54) is 17.7 Å². The largest absolute Gasteiger partial charge is 0.497 e. The van der Waals surface area contributed by atoms with Crippen LogP contribution in [0.25, 0.3) is 0 Å².